The molecule has 0 aliphatic rings. The summed E-state index contributed by atoms with van der Waals surface area (Å²) in [5.74, 6) is -0.438. The first-order chi connectivity index (χ1) is 21.8. The number of carbonyl (C=O) groups excluding carboxylic acids is 1. The molecule has 0 aliphatic heterocycles. The number of anilines is 2. The van der Waals surface area contributed by atoms with Crippen LogP contribution in [0.1, 0.15) is 41.5 Å². The summed E-state index contributed by atoms with van der Waals surface area (Å²) in [6.45, 7) is 1.96. The predicted molar refractivity (Wildman–Crippen MR) is 167 cm³/mol. The highest BCUT2D eigenvalue weighted by molar-refractivity contribution is 5.87. The molecule has 6 nitrogen and oxygen atoms in total. The number of rotatable bonds is 13. The van der Waals surface area contributed by atoms with Gasteiger partial charge >= 0.3 is 18.3 Å². The molecular weight excluding hydrogens is 607 g/mol. The smallest absolute Gasteiger partial charge is 0.426 e. The lowest BCUT2D eigenvalue weighted by Crippen LogP contribution is -2.21. The first-order valence-corrected chi connectivity index (χ1v) is 14.4. The Morgan fingerprint density at radius 1 is 0.783 bits per heavy atom. The molecular formula is C35H33F5N2O4. The number of benzene rings is 4. The van der Waals surface area contributed by atoms with Gasteiger partial charge in [-0.3, -0.25) is 0 Å². The van der Waals surface area contributed by atoms with Gasteiger partial charge in [0.05, 0.1) is 12.2 Å². The number of hydrogen-bond acceptors (Lipinski definition) is 6. The van der Waals surface area contributed by atoms with Gasteiger partial charge in [0.25, 0.3) is 0 Å². The number of nitrogen functional groups attached to an aromatic ring is 2. The number of alkyl halides is 5. The Bertz CT molecular complexity index is 1650. The summed E-state index contributed by atoms with van der Waals surface area (Å²) in [6, 6.07) is 21.4. The summed E-state index contributed by atoms with van der Waals surface area (Å²) in [5, 5.41) is 0. The summed E-state index contributed by atoms with van der Waals surface area (Å²) in [6.07, 6.45) is -5.98. The number of unbranched alkanes of at least 4 members (excludes halogenated alkanes) is 1. The van der Waals surface area contributed by atoms with Gasteiger partial charge in [-0.25, -0.2) is 4.79 Å². The molecule has 0 heterocycles. The van der Waals surface area contributed by atoms with Crippen molar-refractivity contribution in [3.05, 3.63) is 113 Å². The molecule has 4 rings (SSSR count). The van der Waals surface area contributed by atoms with Crippen LogP contribution in [0.2, 0.25) is 0 Å². The van der Waals surface area contributed by atoms with Crippen molar-refractivity contribution in [3.8, 4) is 22.6 Å². The highest BCUT2D eigenvalue weighted by atomic mass is 19.4. The minimum absolute atomic E-state index is 0.0368. The standard InChI is InChI=1S/C35H33F5N2O4/c1-23-20-27(41)9-15-31(23)32-16-10-28(42)21-25(32)22-45-33(43)17-6-24-4-7-26(8-5-24)35(39,40)46-30-13-11-29(12-14-30)44-19-3-2-18-34(36,37)38/h4-17,20-21H,2-3,18-19,22,41-42H2,1H3/b17-6+. The zero-order valence-electron chi connectivity index (χ0n) is 25.0. The van der Waals surface area contributed by atoms with Crippen LogP contribution in [0.5, 0.6) is 11.5 Å². The number of hydrogen-bond donors (Lipinski definition) is 2. The van der Waals surface area contributed by atoms with E-state index in [0.717, 1.165) is 16.7 Å². The fourth-order valence-corrected chi connectivity index (χ4v) is 4.56. The van der Waals surface area contributed by atoms with E-state index in [0.29, 0.717) is 28.3 Å². The van der Waals surface area contributed by atoms with Gasteiger partial charge in [0.1, 0.15) is 18.1 Å². The molecule has 0 aliphatic carbocycles. The molecule has 4 N–H and O–H groups in total. The second-order valence-electron chi connectivity index (χ2n) is 10.6. The van der Waals surface area contributed by atoms with Crippen LogP contribution in [0, 0.1) is 6.92 Å². The molecule has 11 heteroatoms. The fraction of sp³-hybridized carbons (Fsp3) is 0.229. The third-order valence-electron chi connectivity index (χ3n) is 6.89. The summed E-state index contributed by atoms with van der Waals surface area (Å²) in [4.78, 5) is 12.5. The Kier molecular flexibility index (Phi) is 10.9. The number of aryl methyl sites for hydroxylation is 1. The molecule has 4 aromatic carbocycles. The minimum atomic E-state index is -4.21. The number of ether oxygens (including phenoxy) is 3. The van der Waals surface area contributed by atoms with Crippen molar-refractivity contribution in [2.45, 2.75) is 45.1 Å². The largest absolute Gasteiger partial charge is 0.494 e. The molecule has 242 valence electrons. The van der Waals surface area contributed by atoms with Gasteiger partial charge in [0, 0.05) is 23.9 Å². The van der Waals surface area contributed by atoms with Crippen molar-refractivity contribution >= 4 is 23.4 Å². The molecule has 0 radical (unpaired) electrons. The maximum Gasteiger partial charge on any atom is 0.426 e. The molecule has 0 spiro atoms. The van der Waals surface area contributed by atoms with Crippen molar-refractivity contribution in [1.82, 2.24) is 0 Å². The van der Waals surface area contributed by atoms with Gasteiger partial charge in [-0.15, -0.1) is 0 Å². The van der Waals surface area contributed by atoms with Crippen LogP contribution in [0.4, 0.5) is 33.3 Å². The average molecular weight is 641 g/mol. The van der Waals surface area contributed by atoms with E-state index in [1.165, 1.54) is 60.7 Å². The van der Waals surface area contributed by atoms with Gasteiger partial charge in [-0.2, -0.15) is 22.0 Å². The normalized spacial score (nSPS) is 11.9. The summed E-state index contributed by atoms with van der Waals surface area (Å²) >= 11 is 0. The maximum absolute atomic E-state index is 14.8. The zero-order chi connectivity index (χ0) is 33.3. The van der Waals surface area contributed by atoms with Crippen LogP contribution in [-0.2, 0) is 22.2 Å². The van der Waals surface area contributed by atoms with Gasteiger partial charge in [-0.1, -0.05) is 24.3 Å². The van der Waals surface area contributed by atoms with E-state index in [9.17, 15) is 26.7 Å². The van der Waals surface area contributed by atoms with E-state index in [-0.39, 0.29) is 31.8 Å². The lowest BCUT2D eigenvalue weighted by molar-refractivity contribution is -0.185. The van der Waals surface area contributed by atoms with E-state index >= 15 is 0 Å². The third kappa shape index (κ3) is 9.98. The van der Waals surface area contributed by atoms with Crippen molar-refractivity contribution in [1.29, 1.82) is 0 Å². The van der Waals surface area contributed by atoms with E-state index < -0.39 is 30.2 Å². The lowest BCUT2D eigenvalue weighted by atomic mass is 9.95. The third-order valence-corrected chi connectivity index (χ3v) is 6.89. The first-order valence-electron chi connectivity index (χ1n) is 14.4. The second kappa shape index (κ2) is 14.8. The number of nitrogens with two attached hydrogens (primary N) is 2. The van der Waals surface area contributed by atoms with Gasteiger partial charge in [0.2, 0.25) is 0 Å². The molecule has 0 saturated heterocycles. The Hall–Kier alpha value is -5.06. The van der Waals surface area contributed by atoms with Crippen molar-refractivity contribution in [2.24, 2.45) is 0 Å². The van der Waals surface area contributed by atoms with Crippen LogP contribution < -0.4 is 20.9 Å². The maximum atomic E-state index is 14.8. The number of carbonyl (C=O) groups is 1. The average Bonchev–Trinajstić information content (AvgIpc) is 2.99. The van der Waals surface area contributed by atoms with Crippen LogP contribution in [0.25, 0.3) is 17.2 Å². The summed E-state index contributed by atoms with van der Waals surface area (Å²) in [7, 11) is 0. The van der Waals surface area contributed by atoms with Gasteiger partial charge < -0.3 is 25.7 Å². The molecule has 0 atom stereocenters. The Labute approximate surface area is 263 Å². The molecule has 46 heavy (non-hydrogen) atoms. The van der Waals surface area contributed by atoms with Crippen LogP contribution in [0.3, 0.4) is 0 Å². The fourth-order valence-electron chi connectivity index (χ4n) is 4.56. The zero-order valence-corrected chi connectivity index (χ0v) is 25.0. The Morgan fingerprint density at radius 2 is 1.41 bits per heavy atom. The van der Waals surface area contributed by atoms with E-state index in [1.54, 1.807) is 18.2 Å². The predicted octanol–water partition coefficient (Wildman–Crippen LogP) is 8.82. The highest BCUT2D eigenvalue weighted by Gasteiger charge is 2.34. The van der Waals surface area contributed by atoms with E-state index in [2.05, 4.69) is 0 Å². The topological polar surface area (TPSA) is 96.8 Å². The molecule has 0 fully saturated rings. The van der Waals surface area contributed by atoms with Crippen LogP contribution in [0.15, 0.2) is 91.0 Å². The molecule has 0 bridgehead atoms. The molecule has 0 saturated carbocycles. The molecule has 0 unspecified atom stereocenters. The first kappa shape index (κ1) is 33.8. The quantitative estimate of drug-likeness (QED) is 0.0499. The van der Waals surface area contributed by atoms with Crippen molar-refractivity contribution in [2.75, 3.05) is 18.1 Å². The second-order valence-corrected chi connectivity index (χ2v) is 10.6. The SMILES string of the molecule is Cc1cc(N)ccc1-c1ccc(N)cc1COC(=O)/C=C/c1ccc(C(F)(F)Oc2ccc(OCCCCC(F)(F)F)cc2)cc1. The van der Waals surface area contributed by atoms with Gasteiger partial charge in [-0.05, 0) is 114 Å². The summed E-state index contributed by atoms with van der Waals surface area (Å²) < 4.78 is 81.9. The number of esters is 1. The Morgan fingerprint density at radius 3 is 2.07 bits per heavy atom. The molecule has 0 aromatic heterocycles. The summed E-state index contributed by atoms with van der Waals surface area (Å²) in [5.41, 5.74) is 16.5. The Balaban J connectivity index is 1.29. The van der Waals surface area contributed by atoms with E-state index in [1.807, 2.05) is 25.1 Å². The lowest BCUT2D eigenvalue weighted by Gasteiger charge is -2.18. The van der Waals surface area contributed by atoms with Crippen LogP contribution in [-0.4, -0.2) is 18.8 Å². The molecule has 0 amide bonds. The van der Waals surface area contributed by atoms with Crippen molar-refractivity contribution in [3.63, 3.8) is 0 Å². The van der Waals surface area contributed by atoms with Gasteiger partial charge in [0.15, 0.2) is 0 Å². The number of halogens is 5. The minimum Gasteiger partial charge on any atom is -0.494 e. The van der Waals surface area contributed by atoms with E-state index in [4.69, 9.17) is 25.7 Å². The monoisotopic (exact) mass is 640 g/mol. The molecule has 4 aromatic rings. The highest BCUT2D eigenvalue weighted by Crippen LogP contribution is 2.33. The van der Waals surface area contributed by atoms with Crippen molar-refractivity contribution < 1.29 is 41.0 Å². The van der Waals surface area contributed by atoms with Crippen LogP contribution >= 0.6 is 0 Å².